The van der Waals surface area contributed by atoms with Crippen LogP contribution in [0.4, 0.5) is 13.2 Å². The van der Waals surface area contributed by atoms with Crippen molar-refractivity contribution in [1.29, 1.82) is 0 Å². The van der Waals surface area contributed by atoms with Crippen molar-refractivity contribution in [1.82, 2.24) is 5.32 Å². The van der Waals surface area contributed by atoms with Gasteiger partial charge in [-0.3, -0.25) is 4.79 Å². The summed E-state index contributed by atoms with van der Waals surface area (Å²) in [5.74, 6) is -0.663. The molecule has 1 aliphatic rings. The lowest BCUT2D eigenvalue weighted by Crippen LogP contribution is -2.29. The van der Waals surface area contributed by atoms with Crippen LogP contribution in [0.2, 0.25) is 0 Å². The van der Waals surface area contributed by atoms with Gasteiger partial charge < -0.3 is 10.4 Å². The second kappa shape index (κ2) is 6.23. The zero-order valence-corrected chi connectivity index (χ0v) is 10.8. The second-order valence-corrected chi connectivity index (χ2v) is 4.70. The number of hydrogen-bond acceptors (Lipinski definition) is 2. The molecule has 1 fully saturated rings. The van der Waals surface area contributed by atoms with E-state index in [4.69, 9.17) is 0 Å². The molecule has 3 nitrogen and oxygen atoms in total. The summed E-state index contributed by atoms with van der Waals surface area (Å²) in [6.45, 7) is 4.59. The Hall–Kier alpha value is -1.30. The quantitative estimate of drug-likeness (QED) is 0.776. The second-order valence-electron chi connectivity index (χ2n) is 4.70. The maximum absolute atomic E-state index is 12.3. The molecule has 19 heavy (non-hydrogen) atoms. The van der Waals surface area contributed by atoms with Gasteiger partial charge in [0, 0.05) is 11.6 Å². The van der Waals surface area contributed by atoms with E-state index >= 15 is 0 Å². The Kier molecular flexibility index (Phi) is 5.17. The highest BCUT2D eigenvalue weighted by Gasteiger charge is 2.31. The average Bonchev–Trinajstić information content (AvgIpc) is 2.73. The van der Waals surface area contributed by atoms with Gasteiger partial charge in [0.1, 0.15) is 0 Å². The molecule has 0 spiro atoms. The third-order valence-corrected chi connectivity index (χ3v) is 3.15. The first kappa shape index (κ1) is 15.8. The molecule has 2 N–H and O–H groups in total. The van der Waals surface area contributed by atoms with Gasteiger partial charge in [0.05, 0.1) is 11.7 Å². The Morgan fingerprint density at radius 2 is 2.11 bits per heavy atom. The molecule has 1 aliphatic carbocycles. The van der Waals surface area contributed by atoms with E-state index in [1.54, 1.807) is 6.92 Å². The van der Waals surface area contributed by atoms with Crippen LogP contribution >= 0.6 is 0 Å². The summed E-state index contributed by atoms with van der Waals surface area (Å²) in [5.41, 5.74) is -0.801. The van der Waals surface area contributed by atoms with Crippen molar-refractivity contribution in [2.24, 2.45) is 5.92 Å². The molecular weight excluding hydrogens is 259 g/mol. The van der Waals surface area contributed by atoms with Gasteiger partial charge >= 0.3 is 6.18 Å². The summed E-state index contributed by atoms with van der Waals surface area (Å²) in [6, 6.07) is 0. The number of rotatable bonds is 4. The molecule has 0 aromatic carbocycles. The Balaban J connectivity index is 2.64. The highest BCUT2D eigenvalue weighted by molar-refractivity contribution is 5.80. The summed E-state index contributed by atoms with van der Waals surface area (Å²) >= 11 is 0. The van der Waals surface area contributed by atoms with E-state index in [2.05, 4.69) is 11.9 Å². The summed E-state index contributed by atoms with van der Waals surface area (Å²) in [6.07, 6.45) is -2.38. The predicted molar refractivity (Wildman–Crippen MR) is 65.1 cm³/mol. The van der Waals surface area contributed by atoms with Gasteiger partial charge in [-0.05, 0) is 31.8 Å². The molecule has 0 aromatic heterocycles. The van der Waals surface area contributed by atoms with Gasteiger partial charge in [-0.1, -0.05) is 13.5 Å². The molecule has 0 radical (unpaired) electrons. The van der Waals surface area contributed by atoms with Crippen LogP contribution in [0.15, 0.2) is 23.9 Å². The average molecular weight is 277 g/mol. The van der Waals surface area contributed by atoms with Crippen LogP contribution in [0.1, 0.15) is 32.6 Å². The van der Waals surface area contributed by atoms with Crippen LogP contribution < -0.4 is 5.32 Å². The zero-order chi connectivity index (χ0) is 14.6. The molecule has 2 atom stereocenters. The van der Waals surface area contributed by atoms with E-state index < -0.39 is 17.9 Å². The fourth-order valence-electron chi connectivity index (χ4n) is 1.97. The number of carbonyl (C=O) groups is 1. The number of halogens is 3. The van der Waals surface area contributed by atoms with Crippen molar-refractivity contribution in [3.63, 3.8) is 0 Å². The van der Waals surface area contributed by atoms with E-state index in [1.807, 2.05) is 0 Å². The summed E-state index contributed by atoms with van der Waals surface area (Å²) in [4.78, 5) is 11.8. The monoisotopic (exact) mass is 277 g/mol. The molecule has 0 heterocycles. The highest BCUT2D eigenvalue weighted by atomic mass is 19.4. The first-order valence-corrected chi connectivity index (χ1v) is 6.19. The Bertz CT molecular complexity index is 388. The number of carbonyl (C=O) groups excluding carboxylic acids is 1. The van der Waals surface area contributed by atoms with Gasteiger partial charge in [0.15, 0.2) is 0 Å². The number of amides is 1. The number of aliphatic hydroxyl groups excluding tert-OH is 1. The smallest absolute Gasteiger partial charge is 0.393 e. The molecule has 1 rings (SSSR count). The molecule has 6 heteroatoms. The number of aliphatic hydroxyl groups is 1. The standard InChI is InChI=1S/C13H18F3NO2/c1-3-10(6-8(2)13(14,15)16)17-12(19)9-4-5-11(18)7-9/h6,9,11,18H,2-5,7H2,1H3,(H,17,19)/b10-6+. The maximum atomic E-state index is 12.3. The van der Waals surface area contributed by atoms with Crippen LogP contribution in [0.5, 0.6) is 0 Å². The van der Waals surface area contributed by atoms with Gasteiger partial charge in [-0.25, -0.2) is 0 Å². The van der Waals surface area contributed by atoms with Gasteiger partial charge in [-0.2, -0.15) is 13.2 Å². The van der Waals surface area contributed by atoms with Crippen molar-refractivity contribution >= 4 is 5.91 Å². The minimum atomic E-state index is -4.49. The number of nitrogens with one attached hydrogen (secondary N) is 1. The van der Waals surface area contributed by atoms with Gasteiger partial charge in [-0.15, -0.1) is 0 Å². The maximum Gasteiger partial charge on any atom is 0.415 e. The van der Waals surface area contributed by atoms with E-state index in [9.17, 15) is 23.1 Å². The number of alkyl halides is 3. The van der Waals surface area contributed by atoms with Crippen LogP contribution in [0.25, 0.3) is 0 Å². The van der Waals surface area contributed by atoms with E-state index in [1.165, 1.54) is 0 Å². The summed E-state index contributed by atoms with van der Waals surface area (Å²) in [5, 5.41) is 11.8. The third-order valence-electron chi connectivity index (χ3n) is 3.15. The summed E-state index contributed by atoms with van der Waals surface area (Å²) < 4.78 is 37.0. The Morgan fingerprint density at radius 1 is 1.47 bits per heavy atom. The first-order valence-electron chi connectivity index (χ1n) is 6.19. The van der Waals surface area contributed by atoms with Crippen LogP contribution in [0.3, 0.4) is 0 Å². The molecule has 0 aromatic rings. The SMILES string of the molecule is C=C(/C=C(\CC)NC(=O)C1CCC(O)C1)C(F)(F)F. The largest absolute Gasteiger partial charge is 0.415 e. The summed E-state index contributed by atoms with van der Waals surface area (Å²) in [7, 11) is 0. The Labute approximate surface area is 110 Å². The van der Waals surface area contributed by atoms with E-state index in [0.717, 1.165) is 6.08 Å². The van der Waals surface area contributed by atoms with Crippen molar-refractivity contribution in [3.05, 3.63) is 23.9 Å². The van der Waals surface area contributed by atoms with Crippen molar-refractivity contribution in [2.75, 3.05) is 0 Å². The molecular formula is C13H18F3NO2. The fourth-order valence-corrected chi connectivity index (χ4v) is 1.97. The number of hydrogen-bond donors (Lipinski definition) is 2. The van der Waals surface area contributed by atoms with Crippen LogP contribution in [-0.2, 0) is 4.79 Å². The molecule has 1 saturated carbocycles. The highest BCUT2D eigenvalue weighted by Crippen LogP contribution is 2.27. The van der Waals surface area contributed by atoms with Crippen molar-refractivity contribution < 1.29 is 23.1 Å². The van der Waals surface area contributed by atoms with Crippen LogP contribution in [0, 0.1) is 5.92 Å². The predicted octanol–water partition coefficient (Wildman–Crippen LogP) is 2.68. The van der Waals surface area contributed by atoms with Gasteiger partial charge in [0.2, 0.25) is 5.91 Å². The first-order chi connectivity index (χ1) is 8.74. The minimum absolute atomic E-state index is 0.189. The van der Waals surface area contributed by atoms with Crippen molar-refractivity contribution in [2.45, 2.75) is 44.9 Å². The van der Waals surface area contributed by atoms with Gasteiger partial charge in [0.25, 0.3) is 0 Å². The minimum Gasteiger partial charge on any atom is -0.393 e. The lowest BCUT2D eigenvalue weighted by atomic mass is 10.1. The lowest BCUT2D eigenvalue weighted by Gasteiger charge is -2.14. The van der Waals surface area contributed by atoms with E-state index in [-0.39, 0.29) is 23.9 Å². The zero-order valence-electron chi connectivity index (χ0n) is 10.8. The topological polar surface area (TPSA) is 49.3 Å². The molecule has 0 saturated heterocycles. The normalized spacial score (nSPS) is 24.4. The third kappa shape index (κ3) is 4.70. The number of allylic oxidation sites excluding steroid dienone is 3. The molecule has 1 amide bonds. The fraction of sp³-hybridized carbons (Fsp3) is 0.615. The van der Waals surface area contributed by atoms with Crippen molar-refractivity contribution in [3.8, 4) is 0 Å². The Morgan fingerprint density at radius 3 is 2.53 bits per heavy atom. The molecule has 0 bridgehead atoms. The van der Waals surface area contributed by atoms with Crippen LogP contribution in [-0.4, -0.2) is 23.3 Å². The molecule has 0 aliphatic heterocycles. The lowest BCUT2D eigenvalue weighted by molar-refractivity contribution is -0.124. The van der Waals surface area contributed by atoms with E-state index in [0.29, 0.717) is 19.3 Å². The molecule has 2 unspecified atom stereocenters. The molecule has 108 valence electrons.